The molecular weight excluding hydrogens is 246 g/mol. The molecule has 3 nitrogen and oxygen atoms in total. The fraction of sp³-hybridized carbons (Fsp3) is 0.571. The highest BCUT2D eigenvalue weighted by molar-refractivity contribution is 7.89. The van der Waals surface area contributed by atoms with Crippen LogP contribution in [0.5, 0.6) is 0 Å². The first kappa shape index (κ1) is 15.2. The van der Waals surface area contributed by atoms with Gasteiger partial charge in [0.25, 0.3) is 0 Å². The van der Waals surface area contributed by atoms with E-state index in [0.29, 0.717) is 10.8 Å². The van der Waals surface area contributed by atoms with Crippen molar-refractivity contribution in [2.75, 3.05) is 0 Å². The van der Waals surface area contributed by atoms with E-state index in [0.717, 1.165) is 18.4 Å². The fourth-order valence-corrected chi connectivity index (χ4v) is 3.18. The lowest BCUT2D eigenvalue weighted by Gasteiger charge is -2.15. The second-order valence-electron chi connectivity index (χ2n) is 4.86. The Kier molecular flexibility index (Phi) is 5.35. The molecule has 0 saturated carbocycles. The van der Waals surface area contributed by atoms with Gasteiger partial charge in [-0.25, -0.2) is 13.1 Å². The van der Waals surface area contributed by atoms with Gasteiger partial charge in [-0.3, -0.25) is 0 Å². The molecule has 1 aromatic rings. The molecule has 1 N–H and O–H groups in total. The van der Waals surface area contributed by atoms with Crippen LogP contribution in [0.2, 0.25) is 0 Å². The number of rotatable bonds is 6. The van der Waals surface area contributed by atoms with Crippen LogP contribution in [-0.4, -0.2) is 14.5 Å². The highest BCUT2D eigenvalue weighted by atomic mass is 32.2. The monoisotopic (exact) mass is 269 g/mol. The lowest BCUT2D eigenvalue weighted by Crippen LogP contribution is -2.33. The van der Waals surface area contributed by atoms with Gasteiger partial charge >= 0.3 is 0 Å². The van der Waals surface area contributed by atoms with E-state index in [-0.39, 0.29) is 6.04 Å². The van der Waals surface area contributed by atoms with Crippen LogP contribution in [0.25, 0.3) is 0 Å². The van der Waals surface area contributed by atoms with Crippen LogP contribution in [0.4, 0.5) is 0 Å². The molecule has 0 heterocycles. The Labute approximate surface area is 111 Å². The van der Waals surface area contributed by atoms with Crippen molar-refractivity contribution in [2.45, 2.75) is 57.4 Å². The van der Waals surface area contributed by atoms with Crippen molar-refractivity contribution >= 4 is 10.0 Å². The summed E-state index contributed by atoms with van der Waals surface area (Å²) < 4.78 is 27.0. The third-order valence-corrected chi connectivity index (χ3v) is 4.70. The second-order valence-corrected chi connectivity index (χ2v) is 6.57. The first-order valence-electron chi connectivity index (χ1n) is 6.53. The molecule has 0 amide bonds. The molecular formula is C14H23NO2S. The summed E-state index contributed by atoms with van der Waals surface area (Å²) in [5, 5.41) is 0. The molecule has 0 bridgehead atoms. The fourth-order valence-electron chi connectivity index (χ4n) is 1.77. The van der Waals surface area contributed by atoms with Crippen molar-refractivity contribution in [2.24, 2.45) is 0 Å². The number of benzene rings is 1. The smallest absolute Gasteiger partial charge is 0.208 e. The lowest BCUT2D eigenvalue weighted by atomic mass is 10.0. The first-order valence-corrected chi connectivity index (χ1v) is 8.01. The van der Waals surface area contributed by atoms with Gasteiger partial charge in [0.15, 0.2) is 0 Å². The van der Waals surface area contributed by atoms with Crippen molar-refractivity contribution in [3.8, 4) is 0 Å². The summed E-state index contributed by atoms with van der Waals surface area (Å²) in [4.78, 5) is 0.346. The Morgan fingerprint density at radius 3 is 1.94 bits per heavy atom. The van der Waals surface area contributed by atoms with Crippen molar-refractivity contribution < 1.29 is 8.42 Å². The molecule has 0 aromatic heterocycles. The highest BCUT2D eigenvalue weighted by Crippen LogP contribution is 2.17. The highest BCUT2D eigenvalue weighted by Gasteiger charge is 2.17. The number of nitrogens with one attached hydrogen (secondary N) is 1. The van der Waals surface area contributed by atoms with Crippen LogP contribution in [0.15, 0.2) is 29.2 Å². The number of sulfonamides is 1. The van der Waals surface area contributed by atoms with Crippen LogP contribution >= 0.6 is 0 Å². The summed E-state index contributed by atoms with van der Waals surface area (Å²) in [6.45, 7) is 8.15. The van der Waals surface area contributed by atoms with Gasteiger partial charge in [0, 0.05) is 6.04 Å². The van der Waals surface area contributed by atoms with Crippen LogP contribution < -0.4 is 4.72 Å². The second kappa shape index (κ2) is 6.34. The van der Waals surface area contributed by atoms with Crippen molar-refractivity contribution in [3.63, 3.8) is 0 Å². The average molecular weight is 269 g/mol. The van der Waals surface area contributed by atoms with Gasteiger partial charge in [-0.05, 0) is 36.5 Å². The van der Waals surface area contributed by atoms with Crippen LogP contribution in [0.3, 0.4) is 0 Å². The van der Waals surface area contributed by atoms with E-state index in [1.165, 1.54) is 0 Å². The van der Waals surface area contributed by atoms with E-state index in [2.05, 4.69) is 18.6 Å². The SMILES string of the molecule is CCC(CC)NS(=O)(=O)c1ccc(C(C)C)cc1. The largest absolute Gasteiger partial charge is 0.240 e. The molecule has 0 aliphatic carbocycles. The predicted molar refractivity (Wildman–Crippen MR) is 75.2 cm³/mol. The lowest BCUT2D eigenvalue weighted by molar-refractivity contribution is 0.530. The predicted octanol–water partition coefficient (Wildman–Crippen LogP) is 3.28. The zero-order chi connectivity index (χ0) is 13.8. The third-order valence-electron chi connectivity index (χ3n) is 3.16. The molecule has 0 atom stereocenters. The quantitative estimate of drug-likeness (QED) is 0.861. The molecule has 0 aliphatic rings. The number of hydrogen-bond acceptors (Lipinski definition) is 2. The van der Waals surface area contributed by atoms with E-state index in [4.69, 9.17) is 0 Å². The van der Waals surface area contributed by atoms with E-state index in [9.17, 15) is 8.42 Å². The van der Waals surface area contributed by atoms with E-state index >= 15 is 0 Å². The van der Waals surface area contributed by atoms with Gasteiger partial charge in [-0.2, -0.15) is 0 Å². The third kappa shape index (κ3) is 3.82. The molecule has 102 valence electrons. The Morgan fingerprint density at radius 2 is 1.56 bits per heavy atom. The van der Waals surface area contributed by atoms with Crippen molar-refractivity contribution in [1.29, 1.82) is 0 Å². The Hall–Kier alpha value is -0.870. The molecule has 0 fully saturated rings. The zero-order valence-electron chi connectivity index (χ0n) is 11.6. The first-order chi connectivity index (χ1) is 8.40. The van der Waals surface area contributed by atoms with Crippen molar-refractivity contribution in [3.05, 3.63) is 29.8 Å². The number of hydrogen-bond donors (Lipinski definition) is 1. The van der Waals surface area contributed by atoms with Crippen LogP contribution in [0, 0.1) is 0 Å². The van der Waals surface area contributed by atoms with E-state index in [1.807, 2.05) is 26.0 Å². The summed E-state index contributed by atoms with van der Waals surface area (Å²) in [6.07, 6.45) is 1.61. The van der Waals surface area contributed by atoms with Gasteiger partial charge in [0.05, 0.1) is 4.90 Å². The minimum absolute atomic E-state index is 0.0137. The Morgan fingerprint density at radius 1 is 1.06 bits per heavy atom. The molecule has 1 rings (SSSR count). The minimum atomic E-state index is -3.38. The average Bonchev–Trinajstić information content (AvgIpc) is 2.36. The van der Waals surface area contributed by atoms with Crippen molar-refractivity contribution in [1.82, 2.24) is 4.72 Å². The summed E-state index contributed by atoms with van der Waals surface area (Å²) in [7, 11) is -3.38. The van der Waals surface area contributed by atoms with Gasteiger partial charge in [0.2, 0.25) is 10.0 Å². The van der Waals surface area contributed by atoms with Crippen LogP contribution in [-0.2, 0) is 10.0 Å². The van der Waals surface area contributed by atoms with Gasteiger partial charge in [-0.15, -0.1) is 0 Å². The van der Waals surface area contributed by atoms with Gasteiger partial charge in [0.1, 0.15) is 0 Å². The molecule has 0 unspecified atom stereocenters. The molecule has 0 saturated heterocycles. The molecule has 18 heavy (non-hydrogen) atoms. The molecule has 0 aliphatic heterocycles. The summed E-state index contributed by atoms with van der Waals surface area (Å²) in [5.41, 5.74) is 1.15. The maximum atomic E-state index is 12.1. The van der Waals surface area contributed by atoms with E-state index in [1.54, 1.807) is 12.1 Å². The van der Waals surface area contributed by atoms with Crippen LogP contribution in [0.1, 0.15) is 52.0 Å². The maximum absolute atomic E-state index is 12.1. The normalized spacial score (nSPS) is 12.3. The van der Waals surface area contributed by atoms with Gasteiger partial charge < -0.3 is 0 Å². The Balaban J connectivity index is 2.91. The molecule has 1 aromatic carbocycles. The van der Waals surface area contributed by atoms with Gasteiger partial charge in [-0.1, -0.05) is 39.8 Å². The Bertz CT molecular complexity index is 459. The molecule has 0 spiro atoms. The standard InChI is InChI=1S/C14H23NO2S/c1-5-13(6-2)15-18(16,17)14-9-7-12(8-10-14)11(3)4/h7-11,13,15H,5-6H2,1-4H3. The molecule has 0 radical (unpaired) electrons. The summed E-state index contributed by atoms with van der Waals surface area (Å²) in [5.74, 6) is 0.411. The summed E-state index contributed by atoms with van der Waals surface area (Å²) in [6, 6.07) is 7.14. The zero-order valence-corrected chi connectivity index (χ0v) is 12.4. The molecule has 4 heteroatoms. The summed E-state index contributed by atoms with van der Waals surface area (Å²) >= 11 is 0. The van der Waals surface area contributed by atoms with E-state index < -0.39 is 10.0 Å². The minimum Gasteiger partial charge on any atom is -0.208 e. The topological polar surface area (TPSA) is 46.2 Å². The maximum Gasteiger partial charge on any atom is 0.240 e.